The molecule has 7 nitrogen and oxygen atoms in total. The van der Waals surface area contributed by atoms with Gasteiger partial charge in [0.2, 0.25) is 0 Å². The Bertz CT molecular complexity index is 1070. The molecule has 0 aliphatic carbocycles. The van der Waals surface area contributed by atoms with Crippen molar-refractivity contribution in [3.63, 3.8) is 0 Å². The van der Waals surface area contributed by atoms with Crippen LogP contribution in [-0.4, -0.2) is 38.7 Å². The van der Waals surface area contributed by atoms with Crippen LogP contribution in [-0.2, 0) is 4.79 Å². The largest absolute Gasteiger partial charge is 0.497 e. The van der Waals surface area contributed by atoms with Crippen LogP contribution in [0.15, 0.2) is 72.8 Å². The van der Waals surface area contributed by atoms with Crippen molar-refractivity contribution in [3.8, 4) is 17.2 Å². The Morgan fingerprint density at radius 2 is 1.81 bits per heavy atom. The molecule has 1 aliphatic rings. The van der Waals surface area contributed by atoms with Crippen LogP contribution < -0.4 is 24.4 Å². The van der Waals surface area contributed by atoms with E-state index in [1.807, 2.05) is 30.3 Å². The lowest BCUT2D eigenvalue weighted by molar-refractivity contribution is -0.121. The number of carbonyl (C=O) groups is 2. The summed E-state index contributed by atoms with van der Waals surface area (Å²) in [5, 5.41) is 2.85. The Hall–Kier alpha value is -4.00. The lowest BCUT2D eigenvalue weighted by atomic mass is 10.1. The summed E-state index contributed by atoms with van der Waals surface area (Å²) < 4.78 is 16.4. The van der Waals surface area contributed by atoms with E-state index < -0.39 is 0 Å². The fraction of sp³-hybridized carbons (Fsp3) is 0.167. The maximum Gasteiger partial charge on any atom is 0.265 e. The number of methoxy groups -OCH3 is 1. The van der Waals surface area contributed by atoms with Crippen molar-refractivity contribution in [2.75, 3.05) is 37.1 Å². The molecule has 3 aromatic carbocycles. The van der Waals surface area contributed by atoms with E-state index in [0.29, 0.717) is 41.6 Å². The number of nitrogens with zero attached hydrogens (tertiary/aromatic N) is 1. The Balaban J connectivity index is 1.43. The van der Waals surface area contributed by atoms with E-state index in [9.17, 15) is 9.59 Å². The predicted octanol–water partition coefficient (Wildman–Crippen LogP) is 3.75. The minimum atomic E-state index is -0.248. The van der Waals surface area contributed by atoms with Gasteiger partial charge in [-0.2, -0.15) is 0 Å². The fourth-order valence-corrected chi connectivity index (χ4v) is 3.24. The first-order chi connectivity index (χ1) is 15.1. The molecule has 0 radical (unpaired) electrons. The van der Waals surface area contributed by atoms with Crippen molar-refractivity contribution >= 4 is 23.2 Å². The van der Waals surface area contributed by atoms with Crippen molar-refractivity contribution in [2.24, 2.45) is 0 Å². The van der Waals surface area contributed by atoms with Crippen LogP contribution in [0.25, 0.3) is 0 Å². The van der Waals surface area contributed by atoms with E-state index in [4.69, 9.17) is 14.2 Å². The summed E-state index contributed by atoms with van der Waals surface area (Å²) in [6, 6.07) is 21.5. The number of rotatable bonds is 7. The first kappa shape index (κ1) is 20.3. The highest BCUT2D eigenvalue weighted by Gasteiger charge is 2.26. The van der Waals surface area contributed by atoms with Gasteiger partial charge >= 0.3 is 0 Å². The summed E-state index contributed by atoms with van der Waals surface area (Å²) in [7, 11) is 1.57. The molecule has 0 aromatic heterocycles. The van der Waals surface area contributed by atoms with E-state index >= 15 is 0 Å². The van der Waals surface area contributed by atoms with Gasteiger partial charge in [0.15, 0.2) is 6.61 Å². The van der Waals surface area contributed by atoms with Crippen LogP contribution in [0.5, 0.6) is 17.2 Å². The first-order valence-corrected chi connectivity index (χ1v) is 9.84. The van der Waals surface area contributed by atoms with Crippen LogP contribution in [0.1, 0.15) is 10.4 Å². The van der Waals surface area contributed by atoms with Gasteiger partial charge in [-0.3, -0.25) is 9.59 Å². The standard InChI is InChI=1S/C24H22N2O5/c1-29-19-10-7-17(8-11-19)24(28)25-18-9-12-21-22(15-18)31-16-23(27)26(21)13-14-30-20-5-3-2-4-6-20/h2-12,15H,13-14,16H2,1H3,(H,25,28). The second-order valence-corrected chi connectivity index (χ2v) is 6.86. The maximum absolute atomic E-state index is 12.5. The molecule has 1 heterocycles. The molecule has 0 saturated heterocycles. The predicted molar refractivity (Wildman–Crippen MR) is 117 cm³/mol. The average Bonchev–Trinajstić information content (AvgIpc) is 2.81. The minimum absolute atomic E-state index is 0.0613. The third-order valence-corrected chi connectivity index (χ3v) is 4.84. The van der Waals surface area contributed by atoms with Crippen molar-refractivity contribution in [1.29, 1.82) is 0 Å². The molecule has 0 saturated carbocycles. The molecular formula is C24H22N2O5. The number of carbonyl (C=O) groups excluding carboxylic acids is 2. The number of nitrogens with one attached hydrogen (secondary N) is 1. The van der Waals surface area contributed by atoms with Crippen LogP contribution >= 0.6 is 0 Å². The number of fused-ring (bicyclic) bond motifs is 1. The van der Waals surface area contributed by atoms with Gasteiger partial charge in [0.25, 0.3) is 11.8 Å². The summed E-state index contributed by atoms with van der Waals surface area (Å²) in [5.74, 6) is 1.58. The summed E-state index contributed by atoms with van der Waals surface area (Å²) in [6.07, 6.45) is 0. The number of hydrogen-bond acceptors (Lipinski definition) is 5. The zero-order valence-corrected chi connectivity index (χ0v) is 17.0. The molecule has 0 atom stereocenters. The van der Waals surface area contributed by atoms with E-state index in [1.54, 1.807) is 54.5 Å². The molecule has 3 aromatic rings. The smallest absolute Gasteiger partial charge is 0.265 e. The van der Waals surface area contributed by atoms with Gasteiger partial charge in [0.05, 0.1) is 19.3 Å². The second-order valence-electron chi connectivity index (χ2n) is 6.86. The number of ether oxygens (including phenoxy) is 3. The van der Waals surface area contributed by atoms with Gasteiger partial charge in [0, 0.05) is 17.3 Å². The van der Waals surface area contributed by atoms with E-state index in [2.05, 4.69) is 5.32 Å². The lowest BCUT2D eigenvalue weighted by Gasteiger charge is -2.29. The molecule has 7 heteroatoms. The third kappa shape index (κ3) is 4.78. The normalized spacial score (nSPS) is 12.5. The molecule has 2 amide bonds. The monoisotopic (exact) mass is 418 g/mol. The van der Waals surface area contributed by atoms with Gasteiger partial charge in [0.1, 0.15) is 23.9 Å². The minimum Gasteiger partial charge on any atom is -0.497 e. The van der Waals surface area contributed by atoms with E-state index in [1.165, 1.54) is 0 Å². The Morgan fingerprint density at radius 3 is 2.55 bits per heavy atom. The molecule has 0 spiro atoms. The van der Waals surface area contributed by atoms with Gasteiger partial charge < -0.3 is 24.4 Å². The van der Waals surface area contributed by atoms with Crippen molar-refractivity contribution < 1.29 is 23.8 Å². The zero-order chi connectivity index (χ0) is 21.6. The number of anilines is 2. The summed E-state index contributed by atoms with van der Waals surface area (Å²) in [5.41, 5.74) is 1.74. The summed E-state index contributed by atoms with van der Waals surface area (Å²) in [6.45, 7) is 0.682. The highest BCUT2D eigenvalue weighted by molar-refractivity contribution is 6.05. The maximum atomic E-state index is 12.5. The van der Waals surface area contributed by atoms with Gasteiger partial charge in [-0.25, -0.2) is 0 Å². The first-order valence-electron chi connectivity index (χ1n) is 9.84. The Morgan fingerprint density at radius 1 is 1.03 bits per heavy atom. The quantitative estimate of drug-likeness (QED) is 0.632. The van der Waals surface area contributed by atoms with Crippen LogP contribution in [0.3, 0.4) is 0 Å². The number of amides is 2. The molecule has 4 rings (SSSR count). The van der Waals surface area contributed by atoms with Gasteiger partial charge in [-0.15, -0.1) is 0 Å². The van der Waals surface area contributed by atoms with E-state index in [0.717, 1.165) is 5.75 Å². The Labute approximate surface area is 180 Å². The molecule has 1 aliphatic heterocycles. The van der Waals surface area contributed by atoms with Crippen molar-refractivity contribution in [3.05, 3.63) is 78.4 Å². The number of para-hydroxylation sites is 1. The molecule has 31 heavy (non-hydrogen) atoms. The summed E-state index contributed by atoms with van der Waals surface area (Å²) >= 11 is 0. The summed E-state index contributed by atoms with van der Waals surface area (Å²) in [4.78, 5) is 26.5. The molecule has 0 unspecified atom stereocenters. The van der Waals surface area contributed by atoms with E-state index in [-0.39, 0.29) is 18.4 Å². The zero-order valence-electron chi connectivity index (χ0n) is 17.0. The molecule has 0 fully saturated rings. The number of benzene rings is 3. The van der Waals surface area contributed by atoms with Gasteiger partial charge in [-0.05, 0) is 48.5 Å². The van der Waals surface area contributed by atoms with Gasteiger partial charge in [-0.1, -0.05) is 18.2 Å². The van der Waals surface area contributed by atoms with Crippen LogP contribution in [0, 0.1) is 0 Å². The molecule has 158 valence electrons. The highest BCUT2D eigenvalue weighted by Crippen LogP contribution is 2.34. The van der Waals surface area contributed by atoms with Crippen molar-refractivity contribution in [2.45, 2.75) is 0 Å². The molecule has 0 bridgehead atoms. The third-order valence-electron chi connectivity index (χ3n) is 4.84. The van der Waals surface area contributed by atoms with Crippen LogP contribution in [0.4, 0.5) is 11.4 Å². The Kier molecular flexibility index (Phi) is 6.03. The topological polar surface area (TPSA) is 77.1 Å². The molecule has 1 N–H and O–H groups in total. The lowest BCUT2D eigenvalue weighted by Crippen LogP contribution is -2.41. The second kappa shape index (κ2) is 9.21. The SMILES string of the molecule is COc1ccc(C(=O)Nc2ccc3c(c2)OCC(=O)N3CCOc2ccccc2)cc1. The average molecular weight is 418 g/mol. The van der Waals surface area contributed by atoms with Crippen molar-refractivity contribution in [1.82, 2.24) is 0 Å². The highest BCUT2D eigenvalue weighted by atomic mass is 16.5. The molecular weight excluding hydrogens is 396 g/mol. The van der Waals surface area contributed by atoms with Crippen LogP contribution in [0.2, 0.25) is 0 Å². The fourth-order valence-electron chi connectivity index (χ4n) is 3.24. The number of hydrogen-bond donors (Lipinski definition) is 1.